The Bertz CT molecular complexity index is 372. The Morgan fingerprint density at radius 2 is 2.33 bits per heavy atom. The standard InChI is InChI=1S/C13H22N4O/c1-3-18-13-8-12(15-10-16-13)14-9-11-6-4-5-7-17(11)2/h8,10-11H,3-7,9H2,1-2H3,(H,14,15,16). The highest BCUT2D eigenvalue weighted by atomic mass is 16.5. The van der Waals surface area contributed by atoms with Crippen LogP contribution < -0.4 is 10.1 Å². The lowest BCUT2D eigenvalue weighted by Crippen LogP contribution is -2.40. The lowest BCUT2D eigenvalue weighted by atomic mass is 10.0. The quantitative estimate of drug-likeness (QED) is 0.863. The van der Waals surface area contributed by atoms with Crippen LogP contribution in [0.5, 0.6) is 5.88 Å². The zero-order chi connectivity index (χ0) is 12.8. The van der Waals surface area contributed by atoms with E-state index in [9.17, 15) is 0 Å². The third-order valence-corrected chi connectivity index (χ3v) is 3.37. The molecule has 0 saturated carbocycles. The third-order valence-electron chi connectivity index (χ3n) is 3.37. The highest BCUT2D eigenvalue weighted by Crippen LogP contribution is 2.16. The summed E-state index contributed by atoms with van der Waals surface area (Å²) < 4.78 is 5.36. The van der Waals surface area contributed by atoms with Crippen molar-refractivity contribution >= 4 is 5.82 Å². The molecule has 1 atom stereocenters. The maximum absolute atomic E-state index is 5.36. The smallest absolute Gasteiger partial charge is 0.218 e. The van der Waals surface area contributed by atoms with E-state index in [2.05, 4.69) is 27.2 Å². The van der Waals surface area contributed by atoms with Crippen LogP contribution in [0.15, 0.2) is 12.4 Å². The molecule has 1 fully saturated rings. The van der Waals surface area contributed by atoms with E-state index in [0.29, 0.717) is 18.5 Å². The van der Waals surface area contributed by atoms with Crippen LogP contribution in [0.3, 0.4) is 0 Å². The van der Waals surface area contributed by atoms with Crippen LogP contribution in [0.25, 0.3) is 0 Å². The predicted molar refractivity (Wildman–Crippen MR) is 72.0 cm³/mol. The van der Waals surface area contributed by atoms with Gasteiger partial charge in [0.2, 0.25) is 5.88 Å². The van der Waals surface area contributed by atoms with E-state index in [1.165, 1.54) is 32.1 Å². The average molecular weight is 250 g/mol. The van der Waals surface area contributed by atoms with Crippen molar-refractivity contribution < 1.29 is 4.74 Å². The van der Waals surface area contributed by atoms with Crippen molar-refractivity contribution in [3.8, 4) is 5.88 Å². The Balaban J connectivity index is 1.87. The molecular weight excluding hydrogens is 228 g/mol. The van der Waals surface area contributed by atoms with Gasteiger partial charge in [-0.25, -0.2) is 9.97 Å². The molecule has 1 aromatic heterocycles. The molecule has 0 amide bonds. The summed E-state index contributed by atoms with van der Waals surface area (Å²) in [5.74, 6) is 1.47. The number of likely N-dealkylation sites (N-methyl/N-ethyl adjacent to an activating group) is 1. The molecule has 5 heteroatoms. The first kappa shape index (κ1) is 13.1. The first-order valence-electron chi connectivity index (χ1n) is 6.68. The van der Waals surface area contributed by atoms with Gasteiger partial charge in [-0.15, -0.1) is 0 Å². The van der Waals surface area contributed by atoms with Gasteiger partial charge in [0.15, 0.2) is 0 Å². The molecule has 1 N–H and O–H groups in total. The summed E-state index contributed by atoms with van der Waals surface area (Å²) >= 11 is 0. The minimum absolute atomic E-state index is 0.601. The summed E-state index contributed by atoms with van der Waals surface area (Å²) in [7, 11) is 2.19. The fourth-order valence-corrected chi connectivity index (χ4v) is 2.29. The van der Waals surface area contributed by atoms with Crippen molar-refractivity contribution in [1.29, 1.82) is 0 Å². The van der Waals surface area contributed by atoms with Gasteiger partial charge in [0, 0.05) is 18.7 Å². The Morgan fingerprint density at radius 3 is 3.11 bits per heavy atom. The van der Waals surface area contributed by atoms with E-state index in [-0.39, 0.29) is 0 Å². The number of hydrogen-bond acceptors (Lipinski definition) is 5. The van der Waals surface area contributed by atoms with Gasteiger partial charge < -0.3 is 15.0 Å². The van der Waals surface area contributed by atoms with Crippen molar-refractivity contribution in [2.24, 2.45) is 0 Å². The van der Waals surface area contributed by atoms with Crippen molar-refractivity contribution in [1.82, 2.24) is 14.9 Å². The second-order valence-electron chi connectivity index (χ2n) is 4.69. The number of nitrogens with zero attached hydrogens (tertiary/aromatic N) is 3. The summed E-state index contributed by atoms with van der Waals surface area (Å²) in [5, 5.41) is 3.37. The average Bonchev–Trinajstić information content (AvgIpc) is 2.39. The SMILES string of the molecule is CCOc1cc(NCC2CCCCN2C)ncn1. The molecule has 0 spiro atoms. The number of hydrogen-bond donors (Lipinski definition) is 1. The fourth-order valence-electron chi connectivity index (χ4n) is 2.29. The van der Waals surface area contributed by atoms with Crippen LogP contribution in [0.1, 0.15) is 26.2 Å². The summed E-state index contributed by atoms with van der Waals surface area (Å²) in [6.07, 6.45) is 5.43. The van der Waals surface area contributed by atoms with E-state index >= 15 is 0 Å². The number of likely N-dealkylation sites (tertiary alicyclic amines) is 1. The fraction of sp³-hybridized carbons (Fsp3) is 0.692. The molecular formula is C13H22N4O. The van der Waals surface area contributed by atoms with Crippen LogP contribution in [0.2, 0.25) is 0 Å². The summed E-state index contributed by atoms with van der Waals surface area (Å²) in [6.45, 7) is 4.70. The molecule has 0 aromatic carbocycles. The van der Waals surface area contributed by atoms with E-state index in [1.54, 1.807) is 0 Å². The molecule has 5 nitrogen and oxygen atoms in total. The monoisotopic (exact) mass is 250 g/mol. The van der Waals surface area contributed by atoms with Crippen molar-refractivity contribution in [3.05, 3.63) is 12.4 Å². The van der Waals surface area contributed by atoms with Gasteiger partial charge in [0.25, 0.3) is 0 Å². The molecule has 0 bridgehead atoms. The zero-order valence-corrected chi connectivity index (χ0v) is 11.2. The second-order valence-corrected chi connectivity index (χ2v) is 4.69. The minimum Gasteiger partial charge on any atom is -0.478 e. The van der Waals surface area contributed by atoms with Crippen molar-refractivity contribution in [2.75, 3.05) is 32.1 Å². The van der Waals surface area contributed by atoms with Crippen LogP contribution in [0, 0.1) is 0 Å². The summed E-state index contributed by atoms with van der Waals surface area (Å²) in [4.78, 5) is 10.7. The first-order chi connectivity index (χ1) is 8.79. The molecule has 0 radical (unpaired) electrons. The normalized spacial score (nSPS) is 20.7. The maximum atomic E-state index is 5.36. The summed E-state index contributed by atoms with van der Waals surface area (Å²) in [6, 6.07) is 2.45. The molecule has 1 aliphatic heterocycles. The molecule has 0 aliphatic carbocycles. The summed E-state index contributed by atoms with van der Waals surface area (Å²) in [5.41, 5.74) is 0. The molecule has 100 valence electrons. The van der Waals surface area contributed by atoms with Gasteiger partial charge >= 0.3 is 0 Å². The van der Waals surface area contributed by atoms with Gasteiger partial charge in [-0.3, -0.25) is 0 Å². The Morgan fingerprint density at radius 1 is 1.44 bits per heavy atom. The van der Waals surface area contributed by atoms with Gasteiger partial charge in [-0.1, -0.05) is 6.42 Å². The molecule has 2 heterocycles. The zero-order valence-electron chi connectivity index (χ0n) is 11.2. The van der Waals surface area contributed by atoms with Crippen LogP contribution >= 0.6 is 0 Å². The largest absolute Gasteiger partial charge is 0.478 e. The topological polar surface area (TPSA) is 50.3 Å². The van der Waals surface area contributed by atoms with E-state index in [1.807, 2.05) is 13.0 Å². The first-order valence-corrected chi connectivity index (χ1v) is 6.68. The van der Waals surface area contributed by atoms with E-state index in [4.69, 9.17) is 4.74 Å². The molecule has 1 aliphatic rings. The molecule has 1 aromatic rings. The molecule has 1 unspecified atom stereocenters. The number of ether oxygens (including phenoxy) is 1. The lowest BCUT2D eigenvalue weighted by Gasteiger charge is -2.32. The minimum atomic E-state index is 0.601. The number of piperidine rings is 1. The molecule has 2 rings (SSSR count). The van der Waals surface area contributed by atoms with Gasteiger partial charge in [0.1, 0.15) is 12.1 Å². The number of anilines is 1. The third kappa shape index (κ3) is 3.57. The van der Waals surface area contributed by atoms with Gasteiger partial charge in [-0.2, -0.15) is 0 Å². The Hall–Kier alpha value is -1.36. The maximum Gasteiger partial charge on any atom is 0.218 e. The highest BCUT2D eigenvalue weighted by molar-refractivity contribution is 5.37. The number of nitrogens with one attached hydrogen (secondary N) is 1. The number of aromatic nitrogens is 2. The van der Waals surface area contributed by atoms with Crippen molar-refractivity contribution in [2.45, 2.75) is 32.2 Å². The van der Waals surface area contributed by atoms with Crippen LogP contribution in [0.4, 0.5) is 5.82 Å². The Labute approximate surface area is 109 Å². The predicted octanol–water partition coefficient (Wildman–Crippen LogP) is 1.77. The van der Waals surface area contributed by atoms with E-state index in [0.717, 1.165) is 12.4 Å². The van der Waals surface area contributed by atoms with Gasteiger partial charge in [-0.05, 0) is 33.4 Å². The van der Waals surface area contributed by atoms with E-state index < -0.39 is 0 Å². The number of rotatable bonds is 5. The Kier molecular flexibility index (Phi) is 4.75. The van der Waals surface area contributed by atoms with Crippen molar-refractivity contribution in [3.63, 3.8) is 0 Å². The molecule has 1 saturated heterocycles. The van der Waals surface area contributed by atoms with Crippen LogP contribution in [-0.2, 0) is 0 Å². The molecule has 18 heavy (non-hydrogen) atoms. The van der Waals surface area contributed by atoms with Gasteiger partial charge in [0.05, 0.1) is 6.61 Å². The van der Waals surface area contributed by atoms with Crippen LogP contribution in [-0.4, -0.2) is 47.7 Å². The second kappa shape index (κ2) is 6.54. The highest BCUT2D eigenvalue weighted by Gasteiger charge is 2.18. The lowest BCUT2D eigenvalue weighted by molar-refractivity contribution is 0.194.